The molecule has 0 aromatic heterocycles. The van der Waals surface area contributed by atoms with Gasteiger partial charge >= 0.3 is 67.6 Å². The van der Waals surface area contributed by atoms with Crippen molar-refractivity contribution in [2.75, 3.05) is 21.9 Å². The third kappa shape index (κ3) is 2.43. The first-order valence-electron chi connectivity index (χ1n) is 2.86. The second-order valence-corrected chi connectivity index (χ2v) is 8.84. The summed E-state index contributed by atoms with van der Waals surface area (Å²) in [6.45, 7) is 2.08. The first-order chi connectivity index (χ1) is 4.30. The molecule has 0 bridgehead atoms. The minimum atomic E-state index is -1.20. The van der Waals surface area contributed by atoms with Crippen LogP contribution >= 0.6 is 32.4 Å². The second-order valence-electron chi connectivity index (χ2n) is 1.84. The number of hydrogen-bond donors (Lipinski definition) is 2. The molecule has 0 atom stereocenters. The molecule has 1 aliphatic rings. The standard InChI is InChI=1S/C5H10INOS/c8-5(9)6-1-3-7-4-2-6/h7H,1-4H2,(H,8,9). The van der Waals surface area contributed by atoms with Gasteiger partial charge in [0.15, 0.2) is 0 Å². The number of rotatable bonds is 1. The quantitative estimate of drug-likeness (QED) is 0.320. The molecule has 0 unspecified atom stereocenters. The number of carbonyl (C=O) groups excluding carboxylic acids is 1. The fraction of sp³-hybridized carbons (Fsp3) is 0.800. The molecule has 54 valence electrons. The van der Waals surface area contributed by atoms with Gasteiger partial charge in [-0.1, -0.05) is 0 Å². The molecule has 0 saturated carbocycles. The maximum atomic E-state index is 10.7. The third-order valence-electron chi connectivity index (χ3n) is 1.23. The van der Waals surface area contributed by atoms with Crippen molar-refractivity contribution in [1.29, 1.82) is 0 Å². The van der Waals surface area contributed by atoms with Crippen molar-refractivity contribution in [1.82, 2.24) is 5.32 Å². The number of nitrogens with one attached hydrogen (secondary N) is 1. The molecule has 1 saturated heterocycles. The van der Waals surface area contributed by atoms with Gasteiger partial charge in [0.05, 0.1) is 0 Å². The topological polar surface area (TPSA) is 29.1 Å². The van der Waals surface area contributed by atoms with Crippen molar-refractivity contribution in [2.45, 2.75) is 0 Å². The number of carbonyl (C=O) groups is 1. The molecule has 0 aromatic carbocycles. The van der Waals surface area contributed by atoms with Gasteiger partial charge in [-0.15, -0.1) is 0 Å². The molecular weight excluding hydrogens is 249 g/mol. The van der Waals surface area contributed by atoms with E-state index in [1.165, 1.54) is 0 Å². The van der Waals surface area contributed by atoms with Gasteiger partial charge in [0.25, 0.3) is 0 Å². The predicted molar refractivity (Wildman–Crippen MR) is 51.0 cm³/mol. The van der Waals surface area contributed by atoms with E-state index >= 15 is 0 Å². The molecule has 0 amide bonds. The number of alkyl halides is 2. The predicted octanol–water partition coefficient (Wildman–Crippen LogP) is 1.15. The van der Waals surface area contributed by atoms with Crippen LogP contribution in [0.25, 0.3) is 0 Å². The Bertz CT molecular complexity index is 114. The fourth-order valence-electron chi connectivity index (χ4n) is 0.743. The van der Waals surface area contributed by atoms with Crippen LogP contribution in [-0.4, -0.2) is 25.1 Å². The van der Waals surface area contributed by atoms with Crippen molar-refractivity contribution < 1.29 is 4.79 Å². The Morgan fingerprint density at radius 2 is 2.00 bits per heavy atom. The molecule has 1 heterocycles. The first kappa shape index (κ1) is 7.81. The van der Waals surface area contributed by atoms with Crippen molar-refractivity contribution in [3.63, 3.8) is 0 Å². The van der Waals surface area contributed by atoms with Gasteiger partial charge < -0.3 is 0 Å². The van der Waals surface area contributed by atoms with Crippen LogP contribution in [0.2, 0.25) is 0 Å². The Morgan fingerprint density at radius 3 is 2.33 bits per heavy atom. The molecule has 1 N–H and O–H groups in total. The summed E-state index contributed by atoms with van der Waals surface area (Å²) in [5.74, 6) is 0. The van der Waals surface area contributed by atoms with Gasteiger partial charge in [-0.2, -0.15) is 0 Å². The maximum absolute atomic E-state index is 10.7. The van der Waals surface area contributed by atoms with Gasteiger partial charge in [0, 0.05) is 0 Å². The first-order valence-corrected chi connectivity index (χ1v) is 7.44. The average Bonchev–Trinajstić information content (AvgIpc) is 1.90. The van der Waals surface area contributed by atoms with E-state index in [2.05, 4.69) is 17.9 Å². The zero-order valence-electron chi connectivity index (χ0n) is 5.06. The Kier molecular flexibility index (Phi) is 3.28. The normalized spacial score (nSPS) is 23.9. The summed E-state index contributed by atoms with van der Waals surface area (Å²) in [6.07, 6.45) is 0. The molecule has 1 rings (SSSR count). The van der Waals surface area contributed by atoms with Gasteiger partial charge in [-0.05, 0) is 0 Å². The Balaban J connectivity index is 2.31. The van der Waals surface area contributed by atoms with E-state index in [1.54, 1.807) is 0 Å². The van der Waals surface area contributed by atoms with Crippen LogP contribution in [0.5, 0.6) is 0 Å². The number of hydrogen-bond acceptors (Lipinski definition) is 2. The third-order valence-corrected chi connectivity index (χ3v) is 7.82. The van der Waals surface area contributed by atoms with Crippen LogP contribution < -0.4 is 5.32 Å². The molecule has 4 heteroatoms. The van der Waals surface area contributed by atoms with Gasteiger partial charge in [-0.25, -0.2) is 0 Å². The molecule has 0 aromatic rings. The molecule has 9 heavy (non-hydrogen) atoms. The molecule has 0 radical (unpaired) electrons. The van der Waals surface area contributed by atoms with E-state index in [0.29, 0.717) is 0 Å². The molecule has 0 aliphatic carbocycles. The SMILES string of the molecule is O=C(S)I1CCNCC1. The van der Waals surface area contributed by atoms with Gasteiger partial charge in [0.1, 0.15) is 0 Å². The fourth-order valence-corrected chi connectivity index (χ4v) is 5.40. The van der Waals surface area contributed by atoms with Crippen molar-refractivity contribution >= 4 is 35.6 Å². The van der Waals surface area contributed by atoms with Crippen LogP contribution in [0.1, 0.15) is 0 Å². The molecule has 1 aliphatic heterocycles. The summed E-state index contributed by atoms with van der Waals surface area (Å²) < 4.78 is 2.44. The van der Waals surface area contributed by atoms with Crippen molar-refractivity contribution in [3.05, 3.63) is 0 Å². The van der Waals surface area contributed by atoms with Crippen LogP contribution in [0.15, 0.2) is 0 Å². The summed E-state index contributed by atoms with van der Waals surface area (Å²) in [4.78, 5) is 10.7. The summed E-state index contributed by atoms with van der Waals surface area (Å²) in [5.41, 5.74) is 0. The number of halogens is 1. The Hall–Kier alpha value is 0.710. The monoisotopic (exact) mass is 259 g/mol. The van der Waals surface area contributed by atoms with Crippen molar-refractivity contribution in [3.8, 4) is 0 Å². The average molecular weight is 259 g/mol. The van der Waals surface area contributed by atoms with Gasteiger partial charge in [0.2, 0.25) is 0 Å². The van der Waals surface area contributed by atoms with Crippen LogP contribution in [0.4, 0.5) is 4.79 Å². The summed E-state index contributed by atoms with van der Waals surface area (Å²) in [5, 5.41) is 3.22. The molecule has 2 nitrogen and oxygen atoms in total. The summed E-state index contributed by atoms with van der Waals surface area (Å²) in [6, 6.07) is 0. The second kappa shape index (κ2) is 3.78. The zero-order chi connectivity index (χ0) is 6.69. The van der Waals surface area contributed by atoms with E-state index in [4.69, 9.17) is 0 Å². The van der Waals surface area contributed by atoms with Crippen molar-refractivity contribution in [2.24, 2.45) is 0 Å². The Morgan fingerprint density at radius 1 is 1.44 bits per heavy atom. The molecule has 1 fully saturated rings. The van der Waals surface area contributed by atoms with Crippen LogP contribution in [0, 0.1) is 0 Å². The minimum absolute atomic E-state index is 0.209. The van der Waals surface area contributed by atoms with E-state index in [0.717, 1.165) is 21.9 Å². The van der Waals surface area contributed by atoms with E-state index in [-0.39, 0.29) is 3.12 Å². The summed E-state index contributed by atoms with van der Waals surface area (Å²) in [7, 11) is 0. The van der Waals surface area contributed by atoms with Gasteiger partial charge in [-0.3, -0.25) is 0 Å². The Labute approximate surface area is 67.6 Å². The zero-order valence-corrected chi connectivity index (χ0v) is 8.11. The number of thiol groups is 1. The van der Waals surface area contributed by atoms with Crippen LogP contribution in [0.3, 0.4) is 0 Å². The van der Waals surface area contributed by atoms with E-state index < -0.39 is 19.8 Å². The van der Waals surface area contributed by atoms with Crippen LogP contribution in [-0.2, 0) is 0 Å². The summed E-state index contributed by atoms with van der Waals surface area (Å²) >= 11 is 2.65. The molecule has 0 spiro atoms. The van der Waals surface area contributed by atoms with E-state index in [9.17, 15) is 4.79 Å². The molecular formula is C5H10INOS. The van der Waals surface area contributed by atoms with E-state index in [1.807, 2.05) is 0 Å².